The van der Waals surface area contributed by atoms with Gasteiger partial charge >= 0.3 is 5.76 Å². The normalized spacial score (nSPS) is 11.8. The summed E-state index contributed by atoms with van der Waals surface area (Å²) >= 11 is 1.42. The van der Waals surface area contributed by atoms with E-state index in [4.69, 9.17) is 4.74 Å². The van der Waals surface area contributed by atoms with E-state index in [-0.39, 0.29) is 0 Å². The number of nitrogens with zero attached hydrogens (tertiary/aromatic N) is 3. The number of sulfone groups is 1. The molecule has 1 heterocycles. The van der Waals surface area contributed by atoms with Crippen molar-refractivity contribution in [3.63, 3.8) is 0 Å². The molecule has 0 aliphatic rings. The molecule has 1 aromatic heterocycles. The zero-order valence-corrected chi connectivity index (χ0v) is 17.4. The Morgan fingerprint density at radius 2 is 1.79 bits per heavy atom. The van der Waals surface area contributed by atoms with Gasteiger partial charge in [0.1, 0.15) is 5.75 Å². The minimum atomic E-state index is -4.58. The number of halogens is 2. The quantitative estimate of drug-likeness (QED) is 0.488. The molecule has 10 heteroatoms. The van der Waals surface area contributed by atoms with Gasteiger partial charge in [0.2, 0.25) is 9.84 Å². The molecule has 29 heavy (non-hydrogen) atoms. The van der Waals surface area contributed by atoms with Crippen molar-refractivity contribution in [1.29, 1.82) is 0 Å². The van der Waals surface area contributed by atoms with E-state index in [0.29, 0.717) is 29.0 Å². The first-order chi connectivity index (χ1) is 13.9. The summed E-state index contributed by atoms with van der Waals surface area (Å²) in [7, 11) is -2.99. The molecule has 0 aliphatic carbocycles. The lowest BCUT2D eigenvalue weighted by Gasteiger charge is -2.10. The van der Waals surface area contributed by atoms with Gasteiger partial charge in [0.15, 0.2) is 11.0 Å². The van der Waals surface area contributed by atoms with Crippen molar-refractivity contribution >= 4 is 21.6 Å². The Bertz CT molecular complexity index is 1080. The number of benzene rings is 2. The summed E-state index contributed by atoms with van der Waals surface area (Å²) in [5, 5.41) is 9.24. The van der Waals surface area contributed by atoms with E-state index in [0.717, 1.165) is 11.1 Å². The summed E-state index contributed by atoms with van der Waals surface area (Å²) in [6, 6.07) is 13.0. The van der Waals surface area contributed by atoms with E-state index >= 15 is 0 Å². The van der Waals surface area contributed by atoms with Crippen LogP contribution in [0.4, 0.5) is 8.78 Å². The molecule has 0 bridgehead atoms. The summed E-state index contributed by atoms with van der Waals surface area (Å²) in [5.41, 5.74) is 1.62. The van der Waals surface area contributed by atoms with Gasteiger partial charge in [0.05, 0.1) is 17.6 Å². The molecular formula is C19H19F2N3O3S2. The lowest BCUT2D eigenvalue weighted by molar-refractivity contribution is 0.234. The fourth-order valence-corrected chi connectivity index (χ4v) is 4.41. The average Bonchev–Trinajstić information content (AvgIpc) is 3.15. The van der Waals surface area contributed by atoms with Crippen LogP contribution in [-0.2, 0) is 22.1 Å². The molecule has 0 unspecified atom stereocenters. The highest BCUT2D eigenvalue weighted by atomic mass is 32.2. The number of para-hydroxylation sites is 1. The molecule has 0 spiro atoms. The fraction of sp³-hybridized carbons (Fsp3) is 0.263. The molecule has 3 aromatic rings. The van der Waals surface area contributed by atoms with Gasteiger partial charge in [-0.3, -0.25) is 0 Å². The van der Waals surface area contributed by atoms with E-state index in [9.17, 15) is 17.2 Å². The van der Waals surface area contributed by atoms with E-state index in [1.54, 1.807) is 7.11 Å². The maximum absolute atomic E-state index is 12.6. The second kappa shape index (κ2) is 8.91. The lowest BCUT2D eigenvalue weighted by Crippen LogP contribution is -2.11. The summed E-state index contributed by atoms with van der Waals surface area (Å²) < 4.78 is 55.6. The predicted molar refractivity (Wildman–Crippen MR) is 107 cm³/mol. The Kier molecular flexibility index (Phi) is 6.53. The summed E-state index contributed by atoms with van der Waals surface area (Å²) in [6.45, 7) is 2.63. The van der Waals surface area contributed by atoms with Crippen LogP contribution >= 0.6 is 11.8 Å². The SMILES string of the molecule is CCn1c(SCc2ccc(S(=O)(=O)C(F)F)cc2)nnc1-c1ccccc1OC. The van der Waals surface area contributed by atoms with Crippen LogP contribution in [-0.4, -0.2) is 36.0 Å². The van der Waals surface area contributed by atoms with Gasteiger partial charge in [0.25, 0.3) is 0 Å². The molecule has 0 saturated heterocycles. The van der Waals surface area contributed by atoms with E-state index in [2.05, 4.69) is 10.2 Å². The maximum atomic E-state index is 12.6. The zero-order valence-electron chi connectivity index (χ0n) is 15.7. The van der Waals surface area contributed by atoms with Gasteiger partial charge in [-0.15, -0.1) is 10.2 Å². The highest BCUT2D eigenvalue weighted by molar-refractivity contribution is 7.98. The molecule has 6 nitrogen and oxygen atoms in total. The first-order valence-electron chi connectivity index (χ1n) is 8.68. The van der Waals surface area contributed by atoms with Crippen LogP contribution in [0.5, 0.6) is 5.75 Å². The Balaban J connectivity index is 1.79. The van der Waals surface area contributed by atoms with Crippen molar-refractivity contribution in [1.82, 2.24) is 14.8 Å². The smallest absolute Gasteiger partial charge is 0.341 e. The Morgan fingerprint density at radius 1 is 1.10 bits per heavy atom. The topological polar surface area (TPSA) is 74.1 Å². The third kappa shape index (κ3) is 4.43. The van der Waals surface area contributed by atoms with Crippen molar-refractivity contribution in [2.24, 2.45) is 0 Å². The molecule has 0 N–H and O–H groups in total. The molecule has 0 atom stereocenters. The number of hydrogen-bond donors (Lipinski definition) is 0. The lowest BCUT2D eigenvalue weighted by atomic mass is 10.2. The van der Waals surface area contributed by atoms with E-state index in [1.807, 2.05) is 35.8 Å². The average molecular weight is 440 g/mol. The van der Waals surface area contributed by atoms with Crippen molar-refractivity contribution in [3.05, 3.63) is 54.1 Å². The van der Waals surface area contributed by atoms with Gasteiger partial charge in [-0.05, 0) is 36.8 Å². The molecule has 2 aromatic carbocycles. The molecule has 0 aliphatic heterocycles. The number of ether oxygens (including phenoxy) is 1. The molecule has 0 fully saturated rings. The molecule has 0 radical (unpaired) electrons. The van der Waals surface area contributed by atoms with Crippen molar-refractivity contribution in [3.8, 4) is 17.1 Å². The molecule has 3 rings (SSSR count). The van der Waals surface area contributed by atoms with Crippen LogP contribution in [0, 0.1) is 0 Å². The third-order valence-electron chi connectivity index (χ3n) is 4.24. The summed E-state index contributed by atoms with van der Waals surface area (Å²) in [5.74, 6) is -1.56. The first-order valence-corrected chi connectivity index (χ1v) is 11.2. The third-order valence-corrected chi connectivity index (χ3v) is 6.67. The Morgan fingerprint density at radius 3 is 2.41 bits per heavy atom. The fourth-order valence-electron chi connectivity index (χ4n) is 2.74. The first kappa shape index (κ1) is 21.3. The van der Waals surface area contributed by atoms with Crippen LogP contribution in [0.25, 0.3) is 11.4 Å². The second-order valence-corrected chi connectivity index (χ2v) is 8.85. The van der Waals surface area contributed by atoms with Crippen molar-refractivity contribution in [2.75, 3.05) is 7.11 Å². The monoisotopic (exact) mass is 439 g/mol. The van der Waals surface area contributed by atoms with E-state index < -0.39 is 20.5 Å². The molecular weight excluding hydrogens is 420 g/mol. The zero-order chi connectivity index (χ0) is 21.0. The number of rotatable bonds is 8. The summed E-state index contributed by atoms with van der Waals surface area (Å²) in [6.07, 6.45) is 0. The van der Waals surface area contributed by atoms with E-state index in [1.165, 1.54) is 36.0 Å². The van der Waals surface area contributed by atoms with Crippen molar-refractivity contribution in [2.45, 2.75) is 35.0 Å². The second-order valence-electron chi connectivity index (χ2n) is 5.99. The van der Waals surface area contributed by atoms with Gasteiger partial charge in [-0.25, -0.2) is 8.42 Å². The molecule has 154 valence electrons. The van der Waals surface area contributed by atoms with Crippen LogP contribution in [0.1, 0.15) is 12.5 Å². The van der Waals surface area contributed by atoms with Crippen molar-refractivity contribution < 1.29 is 21.9 Å². The predicted octanol–water partition coefficient (Wildman–Crippen LogP) is 4.26. The highest BCUT2D eigenvalue weighted by Crippen LogP contribution is 2.31. The summed E-state index contributed by atoms with van der Waals surface area (Å²) in [4.78, 5) is -0.392. The molecule has 0 amide bonds. The van der Waals surface area contributed by atoms with Crippen LogP contribution < -0.4 is 4.74 Å². The highest BCUT2D eigenvalue weighted by Gasteiger charge is 2.26. The molecule has 0 saturated carbocycles. The standard InChI is InChI=1S/C19H19F2N3O3S2/c1-3-24-17(15-6-4-5-7-16(15)27-2)22-23-19(24)28-12-13-8-10-14(11-9-13)29(25,26)18(20)21/h4-11,18H,3,12H2,1-2H3. The minimum absolute atomic E-state index is 0.392. The van der Waals surface area contributed by atoms with Crippen LogP contribution in [0.3, 0.4) is 0 Å². The van der Waals surface area contributed by atoms with Gasteiger partial charge in [-0.2, -0.15) is 8.78 Å². The van der Waals surface area contributed by atoms with Crippen LogP contribution in [0.2, 0.25) is 0 Å². The van der Waals surface area contributed by atoms with Gasteiger partial charge < -0.3 is 9.30 Å². The van der Waals surface area contributed by atoms with Crippen LogP contribution in [0.15, 0.2) is 58.6 Å². The largest absolute Gasteiger partial charge is 0.496 e. The number of thioether (sulfide) groups is 1. The van der Waals surface area contributed by atoms with Gasteiger partial charge in [0, 0.05) is 12.3 Å². The van der Waals surface area contributed by atoms with Gasteiger partial charge in [-0.1, -0.05) is 36.0 Å². The Hall–Kier alpha value is -2.46. The maximum Gasteiger partial charge on any atom is 0.341 e. The number of methoxy groups -OCH3 is 1. The minimum Gasteiger partial charge on any atom is -0.496 e. The Labute approximate surface area is 171 Å². The number of aromatic nitrogens is 3. The number of hydrogen-bond acceptors (Lipinski definition) is 6. The number of alkyl halides is 2.